The zero-order chi connectivity index (χ0) is 27.0. The maximum atomic E-state index is 11.9. The van der Waals surface area contributed by atoms with Gasteiger partial charge in [-0.25, -0.2) is 0 Å². The number of aryl methyl sites for hydroxylation is 1. The molecule has 2 nitrogen and oxygen atoms in total. The standard InChI is InChI=1S/C32H59O2PS2.Zn/c1-3-5-7-9-11-13-15-17-19-21-23-26-30-27-25-29-32(37-35(33,34)36)31(30)28-24-22-20-18-16-14-12-10-8-6-4-2;/h25,27,29H,3-24,26,28H2,1-2H3,(H2,33,34,36);/q;+2/p-2. The van der Waals surface area contributed by atoms with Gasteiger partial charge in [-0.1, -0.05) is 154 Å². The van der Waals surface area contributed by atoms with E-state index >= 15 is 0 Å². The normalized spacial score (nSPS) is 11.6. The molecule has 0 N–H and O–H groups in total. The molecule has 0 aromatic heterocycles. The molecular formula is C32H57O2PS2Zn. The molecule has 0 fully saturated rings. The van der Waals surface area contributed by atoms with E-state index in [0.29, 0.717) is 0 Å². The van der Waals surface area contributed by atoms with Crippen LogP contribution in [0.15, 0.2) is 23.1 Å². The summed E-state index contributed by atoms with van der Waals surface area (Å²) in [5.74, 6) is 0. The molecule has 1 aromatic rings. The zero-order valence-electron chi connectivity index (χ0n) is 25.0. The topological polar surface area (TPSA) is 46.1 Å². The van der Waals surface area contributed by atoms with Crippen molar-refractivity contribution in [3.05, 3.63) is 29.3 Å². The Morgan fingerprint density at radius 3 is 1.34 bits per heavy atom. The molecule has 6 heteroatoms. The van der Waals surface area contributed by atoms with Crippen molar-refractivity contribution in [1.29, 1.82) is 0 Å². The monoisotopic (exact) mass is 632 g/mol. The van der Waals surface area contributed by atoms with Crippen LogP contribution in [0.4, 0.5) is 0 Å². The molecule has 216 valence electrons. The summed E-state index contributed by atoms with van der Waals surface area (Å²) in [6, 6.07) is 6.19. The van der Waals surface area contributed by atoms with Gasteiger partial charge in [0.05, 0.1) is 0 Å². The number of hydrogen-bond donors (Lipinski definition) is 0. The molecule has 0 amide bonds. The minimum Gasteiger partial charge on any atom is -0.824 e. The Morgan fingerprint density at radius 1 is 0.579 bits per heavy atom. The molecule has 0 spiro atoms. The molecule has 38 heavy (non-hydrogen) atoms. The first-order valence-electron chi connectivity index (χ1n) is 15.8. The minimum atomic E-state index is -3.81. The van der Waals surface area contributed by atoms with Gasteiger partial charge in [0.15, 0.2) is 0 Å². The molecule has 0 radical (unpaired) electrons. The van der Waals surface area contributed by atoms with E-state index in [1.165, 1.54) is 146 Å². The van der Waals surface area contributed by atoms with Crippen molar-refractivity contribution in [2.45, 2.75) is 173 Å². The van der Waals surface area contributed by atoms with E-state index in [4.69, 9.17) is 11.8 Å². The van der Waals surface area contributed by atoms with E-state index in [1.807, 2.05) is 12.1 Å². The van der Waals surface area contributed by atoms with Crippen LogP contribution in [0.5, 0.6) is 0 Å². The van der Waals surface area contributed by atoms with Crippen molar-refractivity contribution in [2.75, 3.05) is 0 Å². The van der Waals surface area contributed by atoms with Crippen molar-refractivity contribution in [3.8, 4) is 0 Å². The smallest absolute Gasteiger partial charge is 0.824 e. The summed E-state index contributed by atoms with van der Waals surface area (Å²) < 4.78 is 0. The van der Waals surface area contributed by atoms with E-state index in [9.17, 15) is 9.79 Å². The van der Waals surface area contributed by atoms with E-state index < -0.39 is 5.69 Å². The third-order valence-corrected chi connectivity index (χ3v) is 10.3. The molecule has 0 unspecified atom stereocenters. The van der Waals surface area contributed by atoms with Gasteiger partial charge in [-0.15, -0.1) is 23.2 Å². The molecule has 0 saturated heterocycles. The molecule has 0 aliphatic rings. The van der Waals surface area contributed by atoms with Gasteiger partial charge in [0.25, 0.3) is 0 Å². The Morgan fingerprint density at radius 2 is 0.947 bits per heavy atom. The molecule has 0 aliphatic carbocycles. The number of benzene rings is 1. The average Bonchev–Trinajstić information content (AvgIpc) is 2.86. The van der Waals surface area contributed by atoms with E-state index in [-0.39, 0.29) is 19.5 Å². The molecule has 0 saturated carbocycles. The summed E-state index contributed by atoms with van der Waals surface area (Å²) in [4.78, 5) is 24.7. The largest absolute Gasteiger partial charge is 2.00 e. The number of rotatable bonds is 26. The Hall–Kier alpha value is 0.763. The molecule has 1 aromatic carbocycles. The van der Waals surface area contributed by atoms with Crippen molar-refractivity contribution in [1.82, 2.24) is 0 Å². The Balaban J connectivity index is 0.0000137. The van der Waals surface area contributed by atoms with E-state index in [1.54, 1.807) is 0 Å². The second-order valence-electron chi connectivity index (χ2n) is 11.0. The quantitative estimate of drug-likeness (QED) is 0.0578. The van der Waals surface area contributed by atoms with Crippen LogP contribution in [0, 0.1) is 0 Å². The molecule has 0 atom stereocenters. The summed E-state index contributed by atoms with van der Waals surface area (Å²) in [6.45, 7) is 4.55. The third-order valence-electron chi connectivity index (χ3n) is 7.52. The van der Waals surface area contributed by atoms with Crippen LogP contribution in [0.25, 0.3) is 0 Å². The predicted molar refractivity (Wildman–Crippen MR) is 167 cm³/mol. The Labute approximate surface area is 259 Å². The van der Waals surface area contributed by atoms with Crippen LogP contribution in [0.3, 0.4) is 0 Å². The first kappa shape index (κ1) is 38.8. The van der Waals surface area contributed by atoms with Gasteiger partial charge < -0.3 is 9.79 Å². The maximum Gasteiger partial charge on any atom is 2.00 e. The van der Waals surface area contributed by atoms with Crippen molar-refractivity contribution in [2.24, 2.45) is 0 Å². The first-order valence-corrected chi connectivity index (χ1v) is 19.9. The van der Waals surface area contributed by atoms with Crippen molar-refractivity contribution < 1.29 is 29.3 Å². The molecule has 0 bridgehead atoms. The van der Waals surface area contributed by atoms with Crippen molar-refractivity contribution in [3.63, 3.8) is 0 Å². The maximum absolute atomic E-state index is 11.9. The fourth-order valence-corrected chi connectivity index (χ4v) is 7.96. The van der Waals surface area contributed by atoms with Crippen molar-refractivity contribution >= 4 is 28.9 Å². The summed E-state index contributed by atoms with van der Waals surface area (Å²) >= 11 is 5.65. The van der Waals surface area contributed by atoms with Gasteiger partial charge in [0.1, 0.15) is 0 Å². The molecular weight excluding hydrogens is 577 g/mol. The summed E-state index contributed by atoms with van der Waals surface area (Å²) in [5.41, 5.74) is -1.22. The molecule has 0 aliphatic heterocycles. The van der Waals surface area contributed by atoms with Crippen LogP contribution in [-0.4, -0.2) is 0 Å². The minimum absolute atomic E-state index is 0. The van der Waals surface area contributed by atoms with Gasteiger partial charge in [-0.3, -0.25) is 0 Å². The molecule has 1 rings (SSSR count). The van der Waals surface area contributed by atoms with Crippen LogP contribution in [0.1, 0.15) is 166 Å². The van der Waals surface area contributed by atoms with Crippen LogP contribution >= 0.6 is 17.1 Å². The van der Waals surface area contributed by atoms with Crippen LogP contribution in [-0.2, 0) is 44.1 Å². The summed E-state index contributed by atoms with van der Waals surface area (Å²) in [7, 11) is 0. The van der Waals surface area contributed by atoms with Crippen LogP contribution in [0.2, 0.25) is 0 Å². The SMILES string of the molecule is CCCCCCCCCCCCCc1cccc(SP([O-])([O-])=S)c1CCCCCCCCCCCCC.[Zn+2]. The second-order valence-corrected chi connectivity index (χ2v) is 16.6. The van der Waals surface area contributed by atoms with Crippen LogP contribution < -0.4 is 9.79 Å². The third kappa shape index (κ3) is 22.5. The first-order chi connectivity index (χ1) is 18.0. The Bertz CT molecular complexity index is 711. The summed E-state index contributed by atoms with van der Waals surface area (Å²) in [5, 5.41) is 0. The average molecular weight is 634 g/mol. The molecule has 0 heterocycles. The van der Waals surface area contributed by atoms with Gasteiger partial charge in [0, 0.05) is 4.90 Å². The fraction of sp³-hybridized carbons (Fsp3) is 0.812. The second kappa shape index (κ2) is 26.6. The Kier molecular flexibility index (Phi) is 27.2. The van der Waals surface area contributed by atoms with Gasteiger partial charge >= 0.3 is 19.5 Å². The van der Waals surface area contributed by atoms with Gasteiger partial charge in [-0.05, 0) is 42.9 Å². The fourth-order valence-electron chi connectivity index (χ4n) is 5.28. The zero-order valence-corrected chi connectivity index (χ0v) is 30.5. The summed E-state index contributed by atoms with van der Waals surface area (Å²) in [6.07, 6.45) is 31.5. The van der Waals surface area contributed by atoms with Gasteiger partial charge in [0.2, 0.25) is 0 Å². The number of unbranched alkanes of at least 4 members (excludes halogenated alkanes) is 20. The van der Waals surface area contributed by atoms with E-state index in [2.05, 4.69) is 19.9 Å². The van der Waals surface area contributed by atoms with E-state index in [0.717, 1.165) is 35.5 Å². The van der Waals surface area contributed by atoms with Gasteiger partial charge in [-0.2, -0.15) is 5.69 Å². The number of hydrogen-bond acceptors (Lipinski definition) is 4. The predicted octanol–water partition coefficient (Wildman–Crippen LogP) is 10.4.